The van der Waals surface area contributed by atoms with Gasteiger partial charge in [-0.15, -0.1) is 0 Å². The summed E-state index contributed by atoms with van der Waals surface area (Å²) < 4.78 is 6.39. The van der Waals surface area contributed by atoms with E-state index < -0.39 is 0 Å². The van der Waals surface area contributed by atoms with Crippen LogP contribution in [0, 0.1) is 0 Å². The number of nitrogens with one attached hydrogen (secondary N) is 1. The van der Waals surface area contributed by atoms with Crippen molar-refractivity contribution in [1.29, 1.82) is 0 Å². The molecule has 0 aliphatic carbocycles. The van der Waals surface area contributed by atoms with Gasteiger partial charge in [-0.3, -0.25) is 4.79 Å². The van der Waals surface area contributed by atoms with Crippen LogP contribution in [0.25, 0.3) is 0 Å². The lowest BCUT2D eigenvalue weighted by atomic mass is 10.3. The van der Waals surface area contributed by atoms with E-state index in [9.17, 15) is 4.79 Å². The zero-order valence-corrected chi connectivity index (χ0v) is 12.4. The van der Waals surface area contributed by atoms with Crippen molar-refractivity contribution in [2.24, 2.45) is 0 Å². The van der Waals surface area contributed by atoms with Crippen molar-refractivity contribution < 1.29 is 4.74 Å². The smallest absolute Gasteiger partial charge is 0.287 e. The highest BCUT2D eigenvalue weighted by Crippen LogP contribution is 2.15. The number of ether oxygens (including phenoxy) is 1. The van der Waals surface area contributed by atoms with Crippen LogP contribution in [0.4, 0.5) is 5.69 Å². The second kappa shape index (κ2) is 8.93. The van der Waals surface area contributed by atoms with Gasteiger partial charge in [-0.05, 0) is 19.3 Å². The summed E-state index contributed by atoms with van der Waals surface area (Å²) in [4.78, 5) is 11.9. The average molecular weight is 288 g/mol. The SMILES string of the molecule is CCCCn1ncc(NCCCCOC)c(Cl)c1=O. The van der Waals surface area contributed by atoms with E-state index in [1.165, 1.54) is 4.68 Å². The standard InChI is InChI=1S/C13H22ClN3O2/c1-3-4-8-17-13(18)12(14)11(10-16-17)15-7-5-6-9-19-2/h10,15H,3-9H2,1-2H3. The molecule has 5 nitrogen and oxygen atoms in total. The minimum atomic E-state index is -0.225. The van der Waals surface area contributed by atoms with Gasteiger partial charge in [0.15, 0.2) is 0 Å². The maximum absolute atomic E-state index is 11.9. The molecule has 0 aromatic carbocycles. The molecule has 0 radical (unpaired) electrons. The Morgan fingerprint density at radius 2 is 2.21 bits per heavy atom. The molecule has 0 unspecified atom stereocenters. The maximum atomic E-state index is 11.9. The molecule has 1 rings (SSSR count). The molecule has 1 heterocycles. The number of hydrogen-bond donors (Lipinski definition) is 1. The van der Waals surface area contributed by atoms with Crippen molar-refractivity contribution in [3.8, 4) is 0 Å². The summed E-state index contributed by atoms with van der Waals surface area (Å²) in [5.74, 6) is 0. The van der Waals surface area contributed by atoms with Gasteiger partial charge in [0.2, 0.25) is 0 Å². The predicted molar refractivity (Wildman–Crippen MR) is 78.0 cm³/mol. The molecule has 1 aromatic heterocycles. The van der Waals surface area contributed by atoms with Gasteiger partial charge in [0.25, 0.3) is 5.56 Å². The second-order valence-electron chi connectivity index (χ2n) is 4.38. The van der Waals surface area contributed by atoms with Crippen LogP contribution >= 0.6 is 11.6 Å². The quantitative estimate of drug-likeness (QED) is 0.709. The first-order valence-corrected chi connectivity index (χ1v) is 7.07. The first kappa shape index (κ1) is 16.0. The van der Waals surface area contributed by atoms with Crippen LogP contribution in [0.5, 0.6) is 0 Å². The van der Waals surface area contributed by atoms with Crippen molar-refractivity contribution in [2.45, 2.75) is 39.2 Å². The Balaban J connectivity index is 2.56. The highest BCUT2D eigenvalue weighted by Gasteiger charge is 2.08. The molecular formula is C13H22ClN3O2. The summed E-state index contributed by atoms with van der Waals surface area (Å²) in [6.45, 7) is 4.18. The highest BCUT2D eigenvalue weighted by atomic mass is 35.5. The molecule has 19 heavy (non-hydrogen) atoms. The molecule has 0 amide bonds. The van der Waals surface area contributed by atoms with Gasteiger partial charge in [-0.1, -0.05) is 24.9 Å². The van der Waals surface area contributed by atoms with Gasteiger partial charge in [0, 0.05) is 26.8 Å². The van der Waals surface area contributed by atoms with Crippen LogP contribution in [-0.4, -0.2) is 30.0 Å². The topological polar surface area (TPSA) is 56.1 Å². The Morgan fingerprint density at radius 1 is 1.42 bits per heavy atom. The molecule has 0 fully saturated rings. The molecule has 0 saturated carbocycles. The Hall–Kier alpha value is -1.07. The molecular weight excluding hydrogens is 266 g/mol. The molecule has 0 spiro atoms. The molecule has 0 saturated heterocycles. The fourth-order valence-electron chi connectivity index (χ4n) is 1.65. The predicted octanol–water partition coefficient (Wildman–Crippen LogP) is 2.54. The fourth-order valence-corrected chi connectivity index (χ4v) is 1.86. The molecule has 108 valence electrons. The summed E-state index contributed by atoms with van der Waals surface area (Å²) >= 11 is 6.06. The Bertz CT molecular complexity index is 434. The number of aryl methyl sites for hydroxylation is 1. The number of nitrogens with zero attached hydrogens (tertiary/aromatic N) is 2. The van der Waals surface area contributed by atoms with Gasteiger partial charge < -0.3 is 10.1 Å². The maximum Gasteiger partial charge on any atom is 0.287 e. The number of aromatic nitrogens is 2. The van der Waals surface area contributed by atoms with Crippen molar-refractivity contribution >= 4 is 17.3 Å². The monoisotopic (exact) mass is 287 g/mol. The number of unbranched alkanes of at least 4 members (excludes halogenated alkanes) is 2. The van der Waals surface area contributed by atoms with Crippen LogP contribution in [0.2, 0.25) is 5.02 Å². The number of methoxy groups -OCH3 is 1. The molecule has 1 N–H and O–H groups in total. The van der Waals surface area contributed by atoms with E-state index in [0.29, 0.717) is 12.2 Å². The number of hydrogen-bond acceptors (Lipinski definition) is 4. The van der Waals surface area contributed by atoms with Gasteiger partial charge in [-0.2, -0.15) is 5.10 Å². The Kier molecular flexibility index (Phi) is 7.52. The lowest BCUT2D eigenvalue weighted by Crippen LogP contribution is -2.24. The molecule has 1 aromatic rings. The summed E-state index contributed by atoms with van der Waals surface area (Å²) in [5, 5.41) is 7.48. The number of anilines is 1. The van der Waals surface area contributed by atoms with E-state index in [4.69, 9.17) is 16.3 Å². The van der Waals surface area contributed by atoms with Crippen LogP contribution in [0.1, 0.15) is 32.6 Å². The number of rotatable bonds is 9. The normalized spacial score (nSPS) is 10.7. The highest BCUT2D eigenvalue weighted by molar-refractivity contribution is 6.32. The van der Waals surface area contributed by atoms with Crippen molar-refractivity contribution in [3.05, 3.63) is 21.6 Å². The molecule has 6 heteroatoms. The Labute approximate surface area is 118 Å². The lowest BCUT2D eigenvalue weighted by molar-refractivity contribution is 0.194. The molecule has 0 aliphatic rings. The third-order valence-electron chi connectivity index (χ3n) is 2.80. The number of halogens is 1. The van der Waals surface area contributed by atoms with Gasteiger partial charge in [0.05, 0.1) is 11.9 Å². The van der Waals surface area contributed by atoms with Crippen LogP contribution < -0.4 is 10.9 Å². The van der Waals surface area contributed by atoms with Crippen LogP contribution in [0.15, 0.2) is 11.0 Å². The first-order chi connectivity index (χ1) is 9.20. The average Bonchev–Trinajstić information content (AvgIpc) is 2.42. The zero-order chi connectivity index (χ0) is 14.1. The largest absolute Gasteiger partial charge is 0.385 e. The minimum absolute atomic E-state index is 0.220. The van der Waals surface area contributed by atoms with Crippen LogP contribution in [0.3, 0.4) is 0 Å². The summed E-state index contributed by atoms with van der Waals surface area (Å²) in [6.07, 6.45) is 5.50. The van der Waals surface area contributed by atoms with E-state index in [2.05, 4.69) is 17.3 Å². The van der Waals surface area contributed by atoms with Crippen molar-refractivity contribution in [1.82, 2.24) is 9.78 Å². The lowest BCUT2D eigenvalue weighted by Gasteiger charge is -2.09. The van der Waals surface area contributed by atoms with Gasteiger partial charge in [0.1, 0.15) is 5.02 Å². The van der Waals surface area contributed by atoms with Crippen molar-refractivity contribution in [3.63, 3.8) is 0 Å². The van der Waals surface area contributed by atoms with E-state index in [-0.39, 0.29) is 10.6 Å². The van der Waals surface area contributed by atoms with E-state index in [1.54, 1.807) is 13.3 Å². The second-order valence-corrected chi connectivity index (χ2v) is 4.76. The van der Waals surface area contributed by atoms with E-state index in [1.807, 2.05) is 0 Å². The van der Waals surface area contributed by atoms with Gasteiger partial charge >= 0.3 is 0 Å². The van der Waals surface area contributed by atoms with E-state index >= 15 is 0 Å². The molecule has 0 bridgehead atoms. The first-order valence-electron chi connectivity index (χ1n) is 6.69. The third kappa shape index (κ3) is 5.20. The van der Waals surface area contributed by atoms with Crippen LogP contribution in [-0.2, 0) is 11.3 Å². The fraction of sp³-hybridized carbons (Fsp3) is 0.692. The Morgan fingerprint density at radius 3 is 2.89 bits per heavy atom. The summed E-state index contributed by atoms with van der Waals surface area (Å²) in [7, 11) is 1.68. The van der Waals surface area contributed by atoms with E-state index in [0.717, 1.165) is 38.8 Å². The summed E-state index contributed by atoms with van der Waals surface area (Å²) in [6, 6.07) is 0. The molecule has 0 aliphatic heterocycles. The molecule has 0 atom stereocenters. The van der Waals surface area contributed by atoms with Crippen molar-refractivity contribution in [2.75, 3.05) is 25.6 Å². The zero-order valence-electron chi connectivity index (χ0n) is 11.6. The van der Waals surface area contributed by atoms with Gasteiger partial charge in [-0.25, -0.2) is 4.68 Å². The third-order valence-corrected chi connectivity index (χ3v) is 3.16. The minimum Gasteiger partial charge on any atom is -0.385 e. The summed E-state index contributed by atoms with van der Waals surface area (Å²) in [5.41, 5.74) is 0.383.